The Morgan fingerprint density at radius 3 is 1.10 bits per heavy atom. The average molecular weight is 1070 g/mol. The third-order valence-electron chi connectivity index (χ3n) is 9.67. The molecule has 5 aromatic carbocycles. The molecular weight excluding hydrogens is 1010 g/mol. The van der Waals surface area contributed by atoms with Crippen LogP contribution in [0.1, 0.15) is 29.2 Å². The maximum absolute atomic E-state index is 8.49. The normalized spacial score (nSPS) is 13.4. The quantitative estimate of drug-likeness (QED) is 0.174. The van der Waals surface area contributed by atoms with Gasteiger partial charge in [0.05, 0.1) is 17.5 Å². The van der Waals surface area contributed by atoms with Gasteiger partial charge in [-0.2, -0.15) is 5.26 Å². The van der Waals surface area contributed by atoms with Gasteiger partial charge in [-0.05, 0) is 83.3 Å². The number of halogens is 2. The van der Waals surface area contributed by atoms with Gasteiger partial charge in [-0.1, -0.05) is 84.9 Å². The number of benzene rings is 5. The van der Waals surface area contributed by atoms with Crippen LogP contribution in [0.3, 0.4) is 0 Å². The molecule has 0 spiro atoms. The number of aryl methyl sites for hydroxylation is 2. The van der Waals surface area contributed by atoms with Crippen molar-refractivity contribution >= 4 is 21.5 Å². The van der Waals surface area contributed by atoms with Crippen molar-refractivity contribution in [1.82, 2.24) is 25.9 Å². The topological polar surface area (TPSA) is 307 Å². The molecule has 0 saturated carbocycles. The fourth-order valence-corrected chi connectivity index (χ4v) is 6.69. The molecule has 0 saturated heterocycles. The number of nitrogens with zero attached hydrogens (tertiary/aromatic N) is 3. The van der Waals surface area contributed by atoms with E-state index in [0.717, 1.165) is 72.9 Å². The molecule has 3 N–H and O–H groups in total. The van der Waals surface area contributed by atoms with Crippen LogP contribution in [0.5, 0.6) is 23.0 Å². The van der Waals surface area contributed by atoms with Crippen LogP contribution in [0.25, 0.3) is 32.9 Å². The van der Waals surface area contributed by atoms with Crippen molar-refractivity contribution in [3.05, 3.63) is 156 Å². The van der Waals surface area contributed by atoms with Gasteiger partial charge in [-0.25, -0.2) is 37.3 Å². The number of pyridine rings is 2. The molecule has 0 atom stereocenters. The number of ether oxygens (including phenoxy) is 4. The second kappa shape index (κ2) is 31.6. The summed E-state index contributed by atoms with van der Waals surface area (Å²) in [6.07, 6.45) is 3.72. The first-order valence-electron chi connectivity index (χ1n) is 21.7. The van der Waals surface area contributed by atoms with Gasteiger partial charge in [0.25, 0.3) is 0 Å². The Kier molecular flexibility index (Phi) is 26.5. The summed E-state index contributed by atoms with van der Waals surface area (Å²) in [6, 6.07) is 42.8. The summed E-state index contributed by atoms with van der Waals surface area (Å²) < 4.78 is 92.5. The first kappa shape index (κ1) is 59.6. The molecular formula is C50H54Cl2CuN6O12. The molecule has 1 aliphatic heterocycles. The standard InChI is InChI=1S/C36H39N3O4.C12H12N2.C2H3N.2ClHO4.Cu/c1-3-9-31-29(7-1)27-13-15-33(31)40-21-23-42-35-11-5-6-12-36(35)43-24-22-41-34-16-14-28(30-8-2-4-10-32(30)34)26-39-20-18-37-17-19-38-25-27;1-9-3-5-11(13-7-9)12-6-4-10(2)8-14-12;1-2-3;2*2-1(3,4)5;/h1-16,37-39H,17-26H2;3-8H,1-2H3;1H3;2*(H,2,3,4,5);/q;;;;;+2/p-2. The van der Waals surface area contributed by atoms with E-state index in [-0.39, 0.29) is 17.1 Å². The van der Waals surface area contributed by atoms with E-state index in [9.17, 15) is 0 Å². The number of fused-ring (bicyclic) bond motifs is 13. The third-order valence-corrected chi connectivity index (χ3v) is 9.67. The number of hydrogen-bond donors (Lipinski definition) is 3. The zero-order valence-electron chi connectivity index (χ0n) is 39.1. The van der Waals surface area contributed by atoms with Gasteiger partial charge in [-0.3, -0.25) is 9.97 Å². The van der Waals surface area contributed by atoms with Crippen LogP contribution in [0.2, 0.25) is 0 Å². The fraction of sp³-hybridized carbons (Fsp3) is 0.260. The summed E-state index contributed by atoms with van der Waals surface area (Å²) >= 11 is 0. The van der Waals surface area contributed by atoms with Gasteiger partial charge in [0.15, 0.2) is 11.5 Å². The molecule has 1 radical (unpaired) electrons. The molecule has 381 valence electrons. The molecule has 8 rings (SSSR count). The van der Waals surface area contributed by atoms with Gasteiger partial charge in [0.1, 0.15) is 37.9 Å². The van der Waals surface area contributed by atoms with Gasteiger partial charge < -0.3 is 34.9 Å². The molecule has 1 aliphatic rings. The van der Waals surface area contributed by atoms with Crippen molar-refractivity contribution in [2.24, 2.45) is 0 Å². The summed E-state index contributed by atoms with van der Waals surface area (Å²) in [7, 11) is -9.89. The van der Waals surface area contributed by atoms with Crippen molar-refractivity contribution in [3.63, 3.8) is 0 Å². The third kappa shape index (κ3) is 23.4. The second-order valence-electron chi connectivity index (χ2n) is 14.9. The Balaban J connectivity index is 0.000000388. The molecule has 18 nitrogen and oxygen atoms in total. The van der Waals surface area contributed by atoms with Gasteiger partial charge >= 0.3 is 17.1 Å². The van der Waals surface area contributed by atoms with Crippen molar-refractivity contribution in [1.29, 1.82) is 5.26 Å². The van der Waals surface area contributed by atoms with Crippen LogP contribution in [0.4, 0.5) is 0 Å². The zero-order valence-corrected chi connectivity index (χ0v) is 41.5. The summed E-state index contributed by atoms with van der Waals surface area (Å²) in [6.45, 7) is 12.3. The molecule has 2 aromatic heterocycles. The smallest absolute Gasteiger partial charge is 0.489 e. The first-order valence-corrected chi connectivity index (χ1v) is 24.1. The number of nitrogens with one attached hydrogen (secondary N) is 3. The summed E-state index contributed by atoms with van der Waals surface area (Å²) in [5.74, 6) is 3.09. The van der Waals surface area contributed by atoms with E-state index < -0.39 is 20.5 Å². The minimum atomic E-state index is -4.94. The SMILES string of the molecule is CC#N.Cc1ccc(-c2ccc(C)cn2)nc1.[Cu+2].[O-][Cl+3]([O-])([O-])[O-].[O-][Cl+3]([O-])([O-])[O-].c1ccc2c(c1)OCCOc1ccc(c3ccccc13)CNCCNCCNCc1ccc(c3ccccc13)OCCO2. The predicted octanol–water partition coefficient (Wildman–Crippen LogP) is -0.533. The molecule has 0 fully saturated rings. The van der Waals surface area contributed by atoms with Gasteiger partial charge in [0, 0.05) is 69.4 Å². The second-order valence-corrected chi connectivity index (χ2v) is 16.4. The number of nitriles is 1. The Labute approximate surface area is 427 Å². The van der Waals surface area contributed by atoms with E-state index in [1.807, 2.05) is 74.8 Å². The van der Waals surface area contributed by atoms with Gasteiger partial charge in [-0.15, -0.1) is 20.5 Å². The van der Waals surface area contributed by atoms with E-state index in [4.69, 9.17) is 61.5 Å². The summed E-state index contributed by atoms with van der Waals surface area (Å²) in [4.78, 5) is 8.63. The van der Waals surface area contributed by atoms with Crippen LogP contribution < -0.4 is 72.2 Å². The number of rotatable bonds is 1. The van der Waals surface area contributed by atoms with Crippen molar-refractivity contribution in [2.45, 2.75) is 33.9 Å². The molecule has 7 aromatic rings. The van der Waals surface area contributed by atoms with Crippen molar-refractivity contribution in [3.8, 4) is 40.5 Å². The van der Waals surface area contributed by atoms with Crippen molar-refractivity contribution in [2.75, 3.05) is 52.6 Å². The Morgan fingerprint density at radius 2 is 0.761 bits per heavy atom. The predicted molar refractivity (Wildman–Crippen MR) is 241 cm³/mol. The summed E-state index contributed by atoms with van der Waals surface area (Å²) in [5, 5.41) is 22.6. The Hall–Kier alpha value is -5.73. The average Bonchev–Trinajstić information content (AvgIpc) is 3.32. The minimum absolute atomic E-state index is 0. The molecule has 4 bridgehead atoms. The molecule has 3 heterocycles. The monoisotopic (exact) mass is 1060 g/mol. The zero-order chi connectivity index (χ0) is 50.8. The molecule has 0 aliphatic carbocycles. The van der Waals surface area contributed by atoms with Crippen LogP contribution in [0.15, 0.2) is 134 Å². The van der Waals surface area contributed by atoms with E-state index in [2.05, 4.69) is 98.7 Å². The van der Waals surface area contributed by atoms with Crippen LogP contribution in [0, 0.1) is 45.7 Å². The number of para-hydroxylation sites is 2. The maximum Gasteiger partial charge on any atom is 2.00 e. The van der Waals surface area contributed by atoms with E-state index in [1.54, 1.807) is 6.07 Å². The first-order chi connectivity index (χ1) is 33.5. The molecule has 71 heavy (non-hydrogen) atoms. The number of aromatic nitrogens is 2. The Bertz CT molecular complexity index is 2490. The van der Waals surface area contributed by atoms with Crippen LogP contribution in [-0.4, -0.2) is 62.6 Å². The Morgan fingerprint density at radius 1 is 0.451 bits per heavy atom. The maximum atomic E-state index is 8.49. The van der Waals surface area contributed by atoms with Crippen molar-refractivity contribution < 1.29 is 93.8 Å². The van der Waals surface area contributed by atoms with E-state index >= 15 is 0 Å². The van der Waals surface area contributed by atoms with E-state index in [0.29, 0.717) is 37.9 Å². The van der Waals surface area contributed by atoms with E-state index in [1.165, 1.54) is 39.9 Å². The van der Waals surface area contributed by atoms with Crippen LogP contribution in [-0.2, 0) is 30.2 Å². The number of hydrogen-bond acceptors (Lipinski definition) is 18. The molecule has 0 unspecified atom stereocenters. The molecule has 0 amide bonds. The largest absolute Gasteiger partial charge is 2.00 e. The minimum Gasteiger partial charge on any atom is -0.489 e. The fourth-order valence-electron chi connectivity index (χ4n) is 6.69. The van der Waals surface area contributed by atoms with Gasteiger partial charge in [0.2, 0.25) is 0 Å². The molecule has 21 heteroatoms. The summed E-state index contributed by atoms with van der Waals surface area (Å²) in [5.41, 5.74) is 6.70. The van der Waals surface area contributed by atoms with Crippen LogP contribution >= 0.6 is 0 Å².